The molecule has 1 heterocycles. The summed E-state index contributed by atoms with van der Waals surface area (Å²) in [7, 11) is 0. The third-order valence-corrected chi connectivity index (χ3v) is 5.19. The highest BCUT2D eigenvalue weighted by Crippen LogP contribution is 2.48. The van der Waals surface area contributed by atoms with Crippen molar-refractivity contribution in [1.29, 1.82) is 0 Å². The van der Waals surface area contributed by atoms with Gasteiger partial charge in [0.1, 0.15) is 0 Å². The third-order valence-electron chi connectivity index (χ3n) is 5.19. The molecule has 1 N–H and O–H groups in total. The quantitative estimate of drug-likeness (QED) is 0.810. The second-order valence-electron chi connectivity index (χ2n) is 6.38. The van der Waals surface area contributed by atoms with E-state index in [1.54, 1.807) is 0 Å². The zero-order valence-corrected chi connectivity index (χ0v) is 10.8. The summed E-state index contributed by atoms with van der Waals surface area (Å²) in [5, 5.41) is 9.21. The summed E-state index contributed by atoms with van der Waals surface area (Å²) < 4.78 is 5.60. The Morgan fingerprint density at radius 2 is 2.18 bits per heavy atom. The van der Waals surface area contributed by atoms with E-state index in [-0.39, 0.29) is 12.7 Å². The highest BCUT2D eigenvalue weighted by molar-refractivity contribution is 4.92. The first-order valence-corrected chi connectivity index (χ1v) is 7.22. The van der Waals surface area contributed by atoms with Crippen LogP contribution in [0.4, 0.5) is 0 Å². The van der Waals surface area contributed by atoms with Gasteiger partial charge in [0.25, 0.3) is 0 Å². The van der Waals surface area contributed by atoms with Crippen molar-refractivity contribution in [1.82, 2.24) is 4.90 Å². The summed E-state index contributed by atoms with van der Waals surface area (Å²) in [5.41, 5.74) is 0. The van der Waals surface area contributed by atoms with Crippen LogP contribution in [-0.2, 0) is 4.74 Å². The van der Waals surface area contributed by atoms with Crippen molar-refractivity contribution in [2.45, 2.75) is 44.8 Å². The van der Waals surface area contributed by atoms with Crippen LogP contribution in [-0.4, -0.2) is 48.5 Å². The molecule has 2 aliphatic carbocycles. The van der Waals surface area contributed by atoms with Gasteiger partial charge in [0.05, 0.1) is 19.3 Å². The minimum absolute atomic E-state index is 0.0461. The van der Waals surface area contributed by atoms with E-state index in [1.165, 1.54) is 32.2 Å². The van der Waals surface area contributed by atoms with Crippen molar-refractivity contribution in [2.75, 3.05) is 26.3 Å². The van der Waals surface area contributed by atoms with Gasteiger partial charge >= 0.3 is 0 Å². The van der Waals surface area contributed by atoms with Gasteiger partial charge in [-0.25, -0.2) is 0 Å². The minimum Gasteiger partial charge on any atom is -0.394 e. The van der Waals surface area contributed by atoms with Crippen molar-refractivity contribution < 1.29 is 9.84 Å². The van der Waals surface area contributed by atoms with E-state index in [2.05, 4.69) is 11.8 Å². The molecular weight excluding hydrogens is 214 g/mol. The molecule has 0 aromatic carbocycles. The van der Waals surface area contributed by atoms with Crippen molar-refractivity contribution in [3.8, 4) is 0 Å². The second-order valence-corrected chi connectivity index (χ2v) is 6.38. The average Bonchev–Trinajstić information content (AvgIpc) is 2.94. The van der Waals surface area contributed by atoms with E-state index < -0.39 is 0 Å². The Balaban J connectivity index is 1.56. The average molecular weight is 239 g/mol. The summed E-state index contributed by atoms with van der Waals surface area (Å²) in [6.07, 6.45) is 5.95. The number of hydrogen-bond acceptors (Lipinski definition) is 3. The lowest BCUT2D eigenvalue weighted by Crippen LogP contribution is -2.51. The van der Waals surface area contributed by atoms with Crippen LogP contribution in [0, 0.1) is 17.8 Å². The van der Waals surface area contributed by atoms with Gasteiger partial charge in [0, 0.05) is 19.1 Å². The monoisotopic (exact) mass is 239 g/mol. The fourth-order valence-electron chi connectivity index (χ4n) is 4.14. The third kappa shape index (κ3) is 2.38. The summed E-state index contributed by atoms with van der Waals surface area (Å²) in [6.45, 7) is 5.36. The molecule has 1 saturated heterocycles. The van der Waals surface area contributed by atoms with Crippen LogP contribution in [0.1, 0.15) is 32.6 Å². The normalized spacial score (nSPS) is 46.6. The van der Waals surface area contributed by atoms with E-state index in [1.807, 2.05) is 0 Å². The zero-order valence-electron chi connectivity index (χ0n) is 10.8. The van der Waals surface area contributed by atoms with Crippen LogP contribution in [0.3, 0.4) is 0 Å². The lowest BCUT2D eigenvalue weighted by atomic mass is 9.88. The Bertz CT molecular complexity index is 271. The van der Waals surface area contributed by atoms with Crippen LogP contribution < -0.4 is 0 Å². The van der Waals surface area contributed by atoms with Gasteiger partial charge in [-0.2, -0.15) is 0 Å². The summed E-state index contributed by atoms with van der Waals surface area (Å²) in [4.78, 5) is 2.55. The van der Waals surface area contributed by atoms with E-state index in [0.717, 1.165) is 30.9 Å². The molecule has 2 bridgehead atoms. The molecule has 0 aromatic rings. The number of morpholine rings is 1. The molecule has 0 radical (unpaired) electrons. The van der Waals surface area contributed by atoms with Gasteiger partial charge in [-0.15, -0.1) is 0 Å². The summed E-state index contributed by atoms with van der Waals surface area (Å²) in [6, 6.07) is 0.525. The minimum atomic E-state index is 0.0461. The topological polar surface area (TPSA) is 32.7 Å². The Labute approximate surface area is 104 Å². The maximum absolute atomic E-state index is 9.21. The van der Waals surface area contributed by atoms with Gasteiger partial charge in [-0.05, 0) is 43.9 Å². The summed E-state index contributed by atoms with van der Waals surface area (Å²) in [5.74, 6) is 2.96. The van der Waals surface area contributed by atoms with Crippen LogP contribution in [0.25, 0.3) is 0 Å². The molecule has 5 unspecified atom stereocenters. The van der Waals surface area contributed by atoms with Crippen molar-refractivity contribution in [3.05, 3.63) is 0 Å². The number of aliphatic hydroxyl groups excluding tert-OH is 1. The van der Waals surface area contributed by atoms with Crippen LogP contribution in [0.15, 0.2) is 0 Å². The molecule has 3 aliphatic rings. The van der Waals surface area contributed by atoms with E-state index in [4.69, 9.17) is 4.74 Å². The Morgan fingerprint density at radius 1 is 1.29 bits per heavy atom. The standard InChI is InChI=1S/C14H25NO2/c1-10-9-17-14(8-16)7-15(10)6-13-5-11-2-3-12(13)4-11/h10-14,16H,2-9H2,1H3. The predicted molar refractivity (Wildman–Crippen MR) is 66.8 cm³/mol. The van der Waals surface area contributed by atoms with Gasteiger partial charge < -0.3 is 9.84 Å². The lowest BCUT2D eigenvalue weighted by Gasteiger charge is -2.40. The predicted octanol–water partition coefficient (Wildman–Crippen LogP) is 1.50. The molecule has 0 spiro atoms. The maximum Gasteiger partial charge on any atom is 0.0933 e. The molecule has 17 heavy (non-hydrogen) atoms. The molecule has 0 amide bonds. The smallest absolute Gasteiger partial charge is 0.0933 e. The van der Waals surface area contributed by atoms with Gasteiger partial charge in [0.15, 0.2) is 0 Å². The first-order valence-electron chi connectivity index (χ1n) is 7.22. The Hall–Kier alpha value is -0.120. The highest BCUT2D eigenvalue weighted by Gasteiger charge is 2.41. The first-order chi connectivity index (χ1) is 8.26. The van der Waals surface area contributed by atoms with Crippen LogP contribution >= 0.6 is 0 Å². The maximum atomic E-state index is 9.21. The van der Waals surface area contributed by atoms with Gasteiger partial charge in [-0.3, -0.25) is 4.90 Å². The van der Waals surface area contributed by atoms with Crippen LogP contribution in [0.5, 0.6) is 0 Å². The molecule has 0 aromatic heterocycles. The second kappa shape index (κ2) is 4.87. The van der Waals surface area contributed by atoms with E-state index >= 15 is 0 Å². The number of ether oxygens (including phenoxy) is 1. The largest absolute Gasteiger partial charge is 0.394 e. The van der Waals surface area contributed by atoms with Crippen LogP contribution in [0.2, 0.25) is 0 Å². The number of hydrogen-bond donors (Lipinski definition) is 1. The number of nitrogens with zero attached hydrogens (tertiary/aromatic N) is 1. The molecule has 3 rings (SSSR count). The fourth-order valence-corrected chi connectivity index (χ4v) is 4.14. The molecule has 3 fully saturated rings. The molecule has 5 atom stereocenters. The molecule has 98 valence electrons. The number of fused-ring (bicyclic) bond motifs is 2. The molecule has 1 aliphatic heterocycles. The van der Waals surface area contributed by atoms with Gasteiger partial charge in [-0.1, -0.05) is 6.42 Å². The Kier molecular flexibility index (Phi) is 3.42. The molecular formula is C14H25NO2. The van der Waals surface area contributed by atoms with Crippen molar-refractivity contribution >= 4 is 0 Å². The van der Waals surface area contributed by atoms with Gasteiger partial charge in [0.2, 0.25) is 0 Å². The summed E-state index contributed by atoms with van der Waals surface area (Å²) >= 11 is 0. The lowest BCUT2D eigenvalue weighted by molar-refractivity contribution is -0.0831. The fraction of sp³-hybridized carbons (Fsp3) is 1.00. The number of rotatable bonds is 3. The first kappa shape index (κ1) is 11.9. The SMILES string of the molecule is CC1COC(CO)CN1CC1CC2CCC1C2. The highest BCUT2D eigenvalue weighted by atomic mass is 16.5. The molecule has 2 saturated carbocycles. The van der Waals surface area contributed by atoms with Crippen molar-refractivity contribution in [2.24, 2.45) is 17.8 Å². The number of aliphatic hydroxyl groups is 1. The molecule has 3 nitrogen and oxygen atoms in total. The Morgan fingerprint density at radius 3 is 2.82 bits per heavy atom. The van der Waals surface area contributed by atoms with E-state index in [0.29, 0.717) is 6.04 Å². The van der Waals surface area contributed by atoms with E-state index in [9.17, 15) is 5.11 Å². The van der Waals surface area contributed by atoms with Crippen molar-refractivity contribution in [3.63, 3.8) is 0 Å². The molecule has 3 heteroatoms. The zero-order chi connectivity index (χ0) is 11.8.